The molecule has 6 atom stereocenters. The second-order valence-corrected chi connectivity index (χ2v) is 14.7. The Bertz CT molecular complexity index is 1600. The fourth-order valence-electron chi connectivity index (χ4n) is 4.49. The molecule has 0 bridgehead atoms. The number of hydrogen-bond donors (Lipinski definition) is 3. The molecular formula is C31H44F2N5O11P. The average molecular weight is 732 g/mol. The van der Waals surface area contributed by atoms with Gasteiger partial charge in [0.05, 0.1) is 12.7 Å². The van der Waals surface area contributed by atoms with Crippen molar-refractivity contribution in [2.24, 2.45) is 5.92 Å². The molecule has 1 aliphatic rings. The van der Waals surface area contributed by atoms with Crippen LogP contribution in [-0.4, -0.2) is 76.1 Å². The van der Waals surface area contributed by atoms with Crippen molar-refractivity contribution in [3.8, 4) is 5.75 Å². The van der Waals surface area contributed by atoms with Gasteiger partial charge in [0.25, 0.3) is 0 Å². The molecule has 0 aliphatic carbocycles. The van der Waals surface area contributed by atoms with Gasteiger partial charge in [0.2, 0.25) is 6.23 Å². The van der Waals surface area contributed by atoms with E-state index in [0.717, 1.165) is 12.3 Å². The van der Waals surface area contributed by atoms with E-state index in [1.807, 2.05) is 0 Å². The fourth-order valence-corrected chi connectivity index (χ4v) is 5.99. The van der Waals surface area contributed by atoms with Crippen molar-refractivity contribution in [2.75, 3.05) is 12.3 Å². The Kier molecular flexibility index (Phi) is 13.1. The normalized spacial score (nSPS) is 21.2. The summed E-state index contributed by atoms with van der Waals surface area (Å²) in [6, 6.07) is 5.97. The van der Waals surface area contributed by atoms with Crippen molar-refractivity contribution in [3.63, 3.8) is 0 Å². The van der Waals surface area contributed by atoms with Crippen molar-refractivity contribution < 1.29 is 55.7 Å². The van der Waals surface area contributed by atoms with Crippen LogP contribution in [0.25, 0.3) is 0 Å². The Labute approximate surface area is 287 Å². The number of ether oxygens (including phenoxy) is 4. The molecular weight excluding hydrogens is 687 g/mol. The second-order valence-electron chi connectivity index (χ2n) is 13.0. The van der Waals surface area contributed by atoms with Gasteiger partial charge < -0.3 is 34.5 Å². The van der Waals surface area contributed by atoms with Crippen molar-refractivity contribution in [1.29, 1.82) is 0 Å². The summed E-state index contributed by atoms with van der Waals surface area (Å²) in [6.07, 6.45) is -7.42. The van der Waals surface area contributed by atoms with Gasteiger partial charge in [0, 0.05) is 6.20 Å². The Morgan fingerprint density at radius 2 is 1.72 bits per heavy atom. The third kappa shape index (κ3) is 10.9. The second kappa shape index (κ2) is 16.3. The zero-order valence-electron chi connectivity index (χ0n) is 29.0. The van der Waals surface area contributed by atoms with Crippen LogP contribution in [0.3, 0.4) is 0 Å². The first-order valence-electron chi connectivity index (χ1n) is 15.7. The number of aromatic nitrogens is 2. The molecule has 19 heteroatoms. The standard InChI is InChI=1S/C31H44F2N5O11P/c1-17(2)23(36-29(42)48-30(6,7)8)26(40)47-24-21(46-27(31(24,32)33)38-15-14-22(34)35-28(38)41)16-44-50(43,49-20-12-10-9-11-13-20)37-19(5)25(39)45-18(3)4/h9-15,17-19,21,23-24,27H,16H2,1-8H3,(H,36,42)(H,37,43)(H2,34,35,41)/t19-,21+,23-,24+,27?,50+/m0/s1. The highest BCUT2D eigenvalue weighted by Crippen LogP contribution is 2.49. The molecule has 1 fully saturated rings. The van der Waals surface area contributed by atoms with Gasteiger partial charge in [0.1, 0.15) is 35.4 Å². The maximum absolute atomic E-state index is 16.2. The van der Waals surface area contributed by atoms with Gasteiger partial charge in [-0.15, -0.1) is 0 Å². The van der Waals surface area contributed by atoms with Gasteiger partial charge in [-0.25, -0.2) is 18.9 Å². The number of carbonyl (C=O) groups excluding carboxylic acids is 3. The lowest BCUT2D eigenvalue weighted by Gasteiger charge is -2.29. The highest BCUT2D eigenvalue weighted by Gasteiger charge is 2.63. The Morgan fingerprint density at radius 1 is 1.08 bits per heavy atom. The number of nitrogens with zero attached hydrogens (tertiary/aromatic N) is 2. The van der Waals surface area contributed by atoms with E-state index < -0.39 is 92.1 Å². The van der Waals surface area contributed by atoms with E-state index in [1.54, 1.807) is 52.8 Å². The molecule has 2 heterocycles. The van der Waals surface area contributed by atoms with Crippen LogP contribution in [0.4, 0.5) is 19.4 Å². The lowest BCUT2D eigenvalue weighted by atomic mass is 10.0. The van der Waals surface area contributed by atoms with Crippen molar-refractivity contribution in [2.45, 2.75) is 104 Å². The summed E-state index contributed by atoms with van der Waals surface area (Å²) in [5, 5.41) is 4.75. The Hall–Kier alpha value is -4.12. The van der Waals surface area contributed by atoms with Crippen LogP contribution in [0.2, 0.25) is 0 Å². The molecule has 4 N–H and O–H groups in total. The van der Waals surface area contributed by atoms with E-state index in [9.17, 15) is 23.7 Å². The van der Waals surface area contributed by atoms with Crippen molar-refractivity contribution in [1.82, 2.24) is 20.0 Å². The number of carbonyl (C=O) groups is 3. The predicted octanol–water partition coefficient (Wildman–Crippen LogP) is 3.95. The number of anilines is 1. The topological polar surface area (TPSA) is 209 Å². The summed E-state index contributed by atoms with van der Waals surface area (Å²) < 4.78 is 79.3. The highest BCUT2D eigenvalue weighted by molar-refractivity contribution is 7.52. The summed E-state index contributed by atoms with van der Waals surface area (Å²) in [4.78, 5) is 54.5. The number of amides is 1. The van der Waals surface area contributed by atoms with E-state index in [0.29, 0.717) is 4.57 Å². The monoisotopic (exact) mass is 731 g/mol. The zero-order valence-corrected chi connectivity index (χ0v) is 29.9. The molecule has 2 aromatic rings. The number of para-hydroxylation sites is 1. The minimum atomic E-state index is -4.62. The molecule has 1 aromatic carbocycles. The molecule has 3 rings (SSSR count). The number of hydrogen-bond acceptors (Lipinski definition) is 13. The first kappa shape index (κ1) is 40.3. The molecule has 278 valence electrons. The minimum absolute atomic E-state index is 0.0266. The first-order valence-corrected chi connectivity index (χ1v) is 17.2. The lowest BCUT2D eigenvalue weighted by Crippen LogP contribution is -2.51. The quantitative estimate of drug-likeness (QED) is 0.143. The summed E-state index contributed by atoms with van der Waals surface area (Å²) in [5.74, 6) is -7.15. The maximum Gasteiger partial charge on any atom is 0.459 e. The minimum Gasteiger partial charge on any atom is -0.462 e. The van der Waals surface area contributed by atoms with Crippen LogP contribution in [0, 0.1) is 5.92 Å². The SMILES string of the molecule is CC(C)OC(=O)[C@H](C)N[P@@](=O)(OC[C@H]1OC(n2ccc(N)nc2=O)C(F)(F)[C@@H]1OC(=O)[C@@H](NC(=O)OC(C)(C)C)C(C)C)Oc1ccccc1. The van der Waals surface area contributed by atoms with E-state index in [4.69, 9.17) is 33.7 Å². The van der Waals surface area contributed by atoms with Gasteiger partial charge in [-0.05, 0) is 65.7 Å². The number of nitrogens with one attached hydrogen (secondary N) is 2. The van der Waals surface area contributed by atoms with Gasteiger partial charge >= 0.3 is 37.4 Å². The Balaban J connectivity index is 1.97. The van der Waals surface area contributed by atoms with Crippen molar-refractivity contribution >= 4 is 31.6 Å². The predicted molar refractivity (Wildman–Crippen MR) is 174 cm³/mol. The van der Waals surface area contributed by atoms with Crippen LogP contribution in [0.15, 0.2) is 47.4 Å². The molecule has 1 aliphatic heterocycles. The van der Waals surface area contributed by atoms with Gasteiger partial charge in [-0.2, -0.15) is 18.9 Å². The third-order valence-electron chi connectivity index (χ3n) is 6.72. The van der Waals surface area contributed by atoms with Gasteiger partial charge in [0.15, 0.2) is 6.10 Å². The number of nitrogens with two attached hydrogens (primary N) is 1. The van der Waals surface area contributed by atoms with E-state index >= 15 is 8.78 Å². The maximum atomic E-state index is 16.2. The smallest absolute Gasteiger partial charge is 0.459 e. The molecule has 1 amide bonds. The van der Waals surface area contributed by atoms with Crippen LogP contribution in [0.5, 0.6) is 5.75 Å². The number of alkyl halides is 2. The number of nitrogen functional groups attached to an aromatic ring is 1. The zero-order chi connectivity index (χ0) is 37.6. The Morgan fingerprint density at radius 3 is 2.28 bits per heavy atom. The number of alkyl carbamates (subject to hydrolysis) is 1. The summed E-state index contributed by atoms with van der Waals surface area (Å²) in [6.45, 7) is 11.4. The molecule has 0 spiro atoms. The van der Waals surface area contributed by atoms with Crippen LogP contribution in [-0.2, 0) is 37.6 Å². The number of halogens is 2. The lowest BCUT2D eigenvalue weighted by molar-refractivity contribution is -0.179. The number of rotatable bonds is 14. The molecule has 0 radical (unpaired) electrons. The fraction of sp³-hybridized carbons (Fsp3) is 0.581. The molecule has 0 saturated carbocycles. The first-order chi connectivity index (χ1) is 23.1. The van der Waals surface area contributed by atoms with E-state index in [1.165, 1.54) is 32.9 Å². The highest BCUT2D eigenvalue weighted by atomic mass is 31.2. The average Bonchev–Trinajstić information content (AvgIpc) is 3.22. The van der Waals surface area contributed by atoms with Crippen LogP contribution in [0.1, 0.15) is 61.6 Å². The number of benzene rings is 1. The summed E-state index contributed by atoms with van der Waals surface area (Å²) in [7, 11) is -4.62. The summed E-state index contributed by atoms with van der Waals surface area (Å²) in [5.41, 5.74) is 3.39. The van der Waals surface area contributed by atoms with Crippen LogP contribution < -0.4 is 26.4 Å². The summed E-state index contributed by atoms with van der Waals surface area (Å²) >= 11 is 0. The molecule has 1 unspecified atom stereocenters. The van der Waals surface area contributed by atoms with Gasteiger partial charge in [-0.1, -0.05) is 32.0 Å². The van der Waals surface area contributed by atoms with E-state index in [-0.39, 0.29) is 11.6 Å². The van der Waals surface area contributed by atoms with E-state index in [2.05, 4.69) is 15.4 Å². The van der Waals surface area contributed by atoms with Crippen molar-refractivity contribution in [3.05, 3.63) is 53.1 Å². The molecule has 1 saturated heterocycles. The largest absolute Gasteiger partial charge is 0.462 e. The molecule has 1 aromatic heterocycles. The molecule has 50 heavy (non-hydrogen) atoms. The third-order valence-corrected chi connectivity index (χ3v) is 8.37. The van der Waals surface area contributed by atoms with Gasteiger partial charge in [-0.3, -0.25) is 13.9 Å². The van der Waals surface area contributed by atoms with Crippen LogP contribution >= 0.6 is 7.75 Å². The molecule has 16 nitrogen and oxygen atoms in total. The number of esters is 2.